The maximum Gasteiger partial charge on any atom is 0.253 e. The highest BCUT2D eigenvalue weighted by Crippen LogP contribution is 2.25. The highest BCUT2D eigenvalue weighted by Gasteiger charge is 2.14. The van der Waals surface area contributed by atoms with E-state index in [1.54, 1.807) is 35.4 Å². The van der Waals surface area contributed by atoms with Gasteiger partial charge in [-0.25, -0.2) is 0 Å². The summed E-state index contributed by atoms with van der Waals surface area (Å²) in [6, 6.07) is 11.1. The third kappa shape index (κ3) is 4.09. The number of nitrogens with one attached hydrogen (secondary N) is 1. The topological polar surface area (TPSA) is 62.6 Å². The van der Waals surface area contributed by atoms with E-state index < -0.39 is 0 Å². The summed E-state index contributed by atoms with van der Waals surface area (Å²) in [4.78, 5) is 26.6. The molecule has 2 amide bonds. The van der Waals surface area contributed by atoms with Crippen LogP contribution in [0.5, 0.6) is 0 Å². The maximum atomic E-state index is 12.5. The predicted octanol–water partition coefficient (Wildman–Crippen LogP) is 4.71. The smallest absolute Gasteiger partial charge is 0.253 e. The van der Waals surface area contributed by atoms with Crippen LogP contribution in [0.1, 0.15) is 40.9 Å². The Bertz CT molecular complexity index is 999. The van der Waals surface area contributed by atoms with E-state index in [-0.39, 0.29) is 18.2 Å². The molecular weight excluding hydrogens is 352 g/mol. The van der Waals surface area contributed by atoms with Gasteiger partial charge in [-0.3, -0.25) is 9.59 Å². The fourth-order valence-corrected chi connectivity index (χ4v) is 3.24. The monoisotopic (exact) mass is 378 g/mol. The molecule has 0 bridgehead atoms. The Labute approximate surface area is 165 Å². The number of benzene rings is 2. The SMILES string of the molecule is CCN(CC)C(=O)c1ccc(NC(=O)Cc2coc3cc(C)c(C)cc23)cc1. The Kier molecular flexibility index (Phi) is 5.83. The minimum Gasteiger partial charge on any atom is -0.464 e. The molecule has 5 nitrogen and oxygen atoms in total. The van der Waals surface area contributed by atoms with Crippen molar-refractivity contribution < 1.29 is 14.0 Å². The van der Waals surface area contributed by atoms with Crippen LogP contribution in [0.3, 0.4) is 0 Å². The summed E-state index contributed by atoms with van der Waals surface area (Å²) in [6.45, 7) is 9.35. The molecular formula is C23H26N2O3. The van der Waals surface area contributed by atoms with E-state index in [9.17, 15) is 9.59 Å². The second-order valence-corrected chi connectivity index (χ2v) is 6.97. The third-order valence-electron chi connectivity index (χ3n) is 5.09. The molecule has 0 unspecified atom stereocenters. The van der Waals surface area contributed by atoms with Gasteiger partial charge in [-0.2, -0.15) is 0 Å². The summed E-state index contributed by atoms with van der Waals surface area (Å²) in [5.74, 6) is -0.123. The summed E-state index contributed by atoms with van der Waals surface area (Å²) >= 11 is 0. The number of carbonyl (C=O) groups is 2. The molecule has 1 heterocycles. The molecule has 2 aromatic carbocycles. The van der Waals surface area contributed by atoms with Crippen LogP contribution in [0.25, 0.3) is 11.0 Å². The number of amides is 2. The van der Waals surface area contributed by atoms with Gasteiger partial charge in [0.15, 0.2) is 0 Å². The van der Waals surface area contributed by atoms with Crippen molar-refractivity contribution in [1.29, 1.82) is 0 Å². The maximum absolute atomic E-state index is 12.5. The molecule has 1 aromatic heterocycles. The van der Waals surface area contributed by atoms with Gasteiger partial charge in [0.2, 0.25) is 5.91 Å². The second kappa shape index (κ2) is 8.30. The molecule has 0 aliphatic heterocycles. The number of rotatable bonds is 6. The van der Waals surface area contributed by atoms with Gasteiger partial charge in [-0.05, 0) is 75.2 Å². The Balaban J connectivity index is 1.68. The number of hydrogen-bond donors (Lipinski definition) is 1. The zero-order valence-electron chi connectivity index (χ0n) is 16.8. The lowest BCUT2D eigenvalue weighted by Crippen LogP contribution is -2.30. The van der Waals surface area contributed by atoms with Crippen molar-refractivity contribution in [2.75, 3.05) is 18.4 Å². The number of anilines is 1. The lowest BCUT2D eigenvalue weighted by atomic mass is 10.0. The van der Waals surface area contributed by atoms with E-state index in [4.69, 9.17) is 4.42 Å². The van der Waals surface area contributed by atoms with Crippen molar-refractivity contribution in [3.8, 4) is 0 Å². The first-order valence-electron chi connectivity index (χ1n) is 9.59. The average molecular weight is 378 g/mol. The van der Waals surface area contributed by atoms with Crippen LogP contribution in [-0.2, 0) is 11.2 Å². The molecule has 0 aliphatic carbocycles. The summed E-state index contributed by atoms with van der Waals surface area (Å²) in [5.41, 5.74) is 5.28. The van der Waals surface area contributed by atoms with Crippen LogP contribution >= 0.6 is 0 Å². The van der Waals surface area contributed by atoms with Gasteiger partial charge < -0.3 is 14.6 Å². The van der Waals surface area contributed by atoms with E-state index in [0.717, 1.165) is 22.1 Å². The van der Waals surface area contributed by atoms with Crippen molar-refractivity contribution >= 4 is 28.5 Å². The highest BCUT2D eigenvalue weighted by molar-refractivity contribution is 5.97. The van der Waals surface area contributed by atoms with Crippen molar-refractivity contribution in [1.82, 2.24) is 4.90 Å². The van der Waals surface area contributed by atoms with Crippen LogP contribution in [0.15, 0.2) is 47.1 Å². The molecule has 0 radical (unpaired) electrons. The summed E-state index contributed by atoms with van der Waals surface area (Å²) < 4.78 is 5.60. The van der Waals surface area contributed by atoms with Crippen LogP contribution in [-0.4, -0.2) is 29.8 Å². The summed E-state index contributed by atoms with van der Waals surface area (Å²) in [5, 5.41) is 3.86. The van der Waals surface area contributed by atoms with E-state index >= 15 is 0 Å². The van der Waals surface area contributed by atoms with Crippen molar-refractivity contribution in [3.05, 3.63) is 64.9 Å². The van der Waals surface area contributed by atoms with Crippen LogP contribution < -0.4 is 5.32 Å². The number of furan rings is 1. The summed E-state index contributed by atoms with van der Waals surface area (Å²) in [6.07, 6.45) is 1.88. The third-order valence-corrected chi connectivity index (χ3v) is 5.09. The Morgan fingerprint density at radius 3 is 2.29 bits per heavy atom. The molecule has 0 atom stereocenters. The minimum atomic E-state index is -0.122. The van der Waals surface area contributed by atoms with Crippen LogP contribution in [0.4, 0.5) is 5.69 Å². The Morgan fingerprint density at radius 1 is 1.00 bits per heavy atom. The summed E-state index contributed by atoms with van der Waals surface area (Å²) in [7, 11) is 0. The molecule has 146 valence electrons. The fraction of sp³-hybridized carbons (Fsp3) is 0.304. The molecule has 28 heavy (non-hydrogen) atoms. The quantitative estimate of drug-likeness (QED) is 0.675. The largest absolute Gasteiger partial charge is 0.464 e. The number of aryl methyl sites for hydroxylation is 2. The van der Waals surface area contributed by atoms with Gasteiger partial charge in [0, 0.05) is 35.3 Å². The van der Waals surface area contributed by atoms with E-state index in [1.807, 2.05) is 33.8 Å². The first-order valence-corrected chi connectivity index (χ1v) is 9.59. The Hall–Kier alpha value is -3.08. The average Bonchev–Trinajstić information content (AvgIpc) is 3.05. The first-order chi connectivity index (χ1) is 13.4. The van der Waals surface area contributed by atoms with E-state index in [2.05, 4.69) is 11.4 Å². The van der Waals surface area contributed by atoms with Gasteiger partial charge in [-0.15, -0.1) is 0 Å². The molecule has 0 spiro atoms. The fourth-order valence-electron chi connectivity index (χ4n) is 3.24. The molecule has 0 saturated heterocycles. The van der Waals surface area contributed by atoms with Crippen molar-refractivity contribution in [2.45, 2.75) is 34.1 Å². The highest BCUT2D eigenvalue weighted by atomic mass is 16.3. The molecule has 5 heteroatoms. The molecule has 0 fully saturated rings. The minimum absolute atomic E-state index is 0.00148. The molecule has 1 N–H and O–H groups in total. The van der Waals surface area contributed by atoms with Crippen molar-refractivity contribution in [3.63, 3.8) is 0 Å². The van der Waals surface area contributed by atoms with Gasteiger partial charge in [0.1, 0.15) is 5.58 Å². The number of fused-ring (bicyclic) bond motifs is 1. The van der Waals surface area contributed by atoms with Gasteiger partial charge in [0.05, 0.1) is 12.7 Å². The molecule has 0 aliphatic rings. The van der Waals surface area contributed by atoms with Gasteiger partial charge in [-0.1, -0.05) is 0 Å². The molecule has 3 aromatic rings. The van der Waals surface area contributed by atoms with Gasteiger partial charge in [0.25, 0.3) is 5.91 Å². The van der Waals surface area contributed by atoms with Gasteiger partial charge >= 0.3 is 0 Å². The first kappa shape index (κ1) is 19.7. The zero-order valence-corrected chi connectivity index (χ0v) is 16.8. The predicted molar refractivity (Wildman–Crippen MR) is 112 cm³/mol. The van der Waals surface area contributed by atoms with Crippen LogP contribution in [0, 0.1) is 13.8 Å². The van der Waals surface area contributed by atoms with Crippen LogP contribution in [0.2, 0.25) is 0 Å². The van der Waals surface area contributed by atoms with Crippen molar-refractivity contribution in [2.24, 2.45) is 0 Å². The zero-order chi connectivity index (χ0) is 20.3. The lowest BCUT2D eigenvalue weighted by molar-refractivity contribution is -0.115. The van der Waals surface area contributed by atoms with E-state index in [1.165, 1.54) is 5.56 Å². The lowest BCUT2D eigenvalue weighted by Gasteiger charge is -2.18. The normalized spacial score (nSPS) is 10.9. The molecule has 3 rings (SSSR count). The number of hydrogen-bond acceptors (Lipinski definition) is 3. The standard InChI is InChI=1S/C23H26N2O3/c1-5-25(6-2)23(27)17-7-9-19(10-8-17)24-22(26)13-18-14-28-21-12-16(4)15(3)11-20(18)21/h7-12,14H,5-6,13H2,1-4H3,(H,24,26). The molecule has 0 saturated carbocycles. The Morgan fingerprint density at radius 2 is 1.64 bits per heavy atom. The number of nitrogens with zero attached hydrogens (tertiary/aromatic N) is 1. The van der Waals surface area contributed by atoms with E-state index in [0.29, 0.717) is 24.3 Å². The number of carbonyl (C=O) groups excluding carboxylic acids is 2. The second-order valence-electron chi connectivity index (χ2n) is 6.97.